The number of halogens is 2. The average molecular weight is 311 g/mol. The lowest BCUT2D eigenvalue weighted by atomic mass is 9.86. The predicted molar refractivity (Wildman–Crippen MR) is 78.4 cm³/mol. The zero-order valence-corrected chi connectivity index (χ0v) is 12.6. The van der Waals surface area contributed by atoms with Crippen LogP contribution in [0, 0.1) is 19.8 Å². The lowest BCUT2D eigenvalue weighted by molar-refractivity contribution is -0.124. The molecule has 1 aromatic carbocycles. The minimum atomic E-state index is -2.67. The van der Waals surface area contributed by atoms with Gasteiger partial charge in [0.05, 0.1) is 5.56 Å². The summed E-state index contributed by atoms with van der Waals surface area (Å²) in [5, 5.41) is 11.8. The summed E-state index contributed by atoms with van der Waals surface area (Å²) in [5.41, 5.74) is 1.90. The van der Waals surface area contributed by atoms with Gasteiger partial charge in [-0.3, -0.25) is 4.79 Å². The number of aromatic carboxylic acids is 1. The Kier molecular flexibility index (Phi) is 4.49. The fraction of sp³-hybridized carbons (Fsp3) is 0.500. The zero-order valence-electron chi connectivity index (χ0n) is 12.6. The second-order valence-corrected chi connectivity index (χ2v) is 5.91. The number of anilines is 1. The molecule has 0 radical (unpaired) electrons. The molecule has 1 aliphatic carbocycles. The van der Waals surface area contributed by atoms with Gasteiger partial charge in [-0.05, 0) is 43.9 Å². The lowest BCUT2D eigenvalue weighted by Crippen LogP contribution is -2.32. The summed E-state index contributed by atoms with van der Waals surface area (Å²) in [6.07, 6.45) is -0.262. The van der Waals surface area contributed by atoms with Gasteiger partial charge in [-0.1, -0.05) is 6.07 Å². The Balaban J connectivity index is 2.12. The van der Waals surface area contributed by atoms with E-state index in [1.807, 2.05) is 0 Å². The van der Waals surface area contributed by atoms with Crippen LogP contribution in [0.5, 0.6) is 0 Å². The molecule has 6 heteroatoms. The molecule has 0 atom stereocenters. The number of carboxylic acids is 1. The van der Waals surface area contributed by atoms with E-state index in [4.69, 9.17) is 5.11 Å². The van der Waals surface area contributed by atoms with Crippen molar-refractivity contribution >= 4 is 17.6 Å². The normalized spacial score (nSPS) is 18.0. The van der Waals surface area contributed by atoms with Crippen LogP contribution < -0.4 is 5.32 Å². The van der Waals surface area contributed by atoms with Crippen molar-refractivity contribution in [3.05, 3.63) is 28.8 Å². The van der Waals surface area contributed by atoms with Gasteiger partial charge in [-0.25, -0.2) is 13.6 Å². The number of nitrogens with one attached hydrogen (secondary N) is 1. The summed E-state index contributed by atoms with van der Waals surface area (Å²) in [7, 11) is 0. The van der Waals surface area contributed by atoms with E-state index < -0.39 is 17.8 Å². The van der Waals surface area contributed by atoms with E-state index in [2.05, 4.69) is 5.32 Å². The Morgan fingerprint density at radius 3 is 2.32 bits per heavy atom. The first-order valence-corrected chi connectivity index (χ1v) is 7.23. The predicted octanol–water partition coefficient (Wildman–Crippen LogP) is 3.77. The third kappa shape index (κ3) is 3.61. The molecule has 0 heterocycles. The fourth-order valence-corrected chi connectivity index (χ4v) is 2.75. The van der Waals surface area contributed by atoms with E-state index >= 15 is 0 Å². The van der Waals surface area contributed by atoms with Crippen LogP contribution in [0.3, 0.4) is 0 Å². The number of hydrogen-bond donors (Lipinski definition) is 2. The number of amides is 1. The van der Waals surface area contributed by atoms with Crippen molar-refractivity contribution in [2.24, 2.45) is 5.92 Å². The lowest BCUT2D eigenvalue weighted by Gasteiger charge is -2.27. The third-order valence-corrected chi connectivity index (χ3v) is 4.15. The number of hydrogen-bond acceptors (Lipinski definition) is 2. The zero-order chi connectivity index (χ0) is 16.5. The first-order valence-electron chi connectivity index (χ1n) is 7.23. The molecule has 1 fully saturated rings. The van der Waals surface area contributed by atoms with Crippen molar-refractivity contribution < 1.29 is 23.5 Å². The molecule has 0 unspecified atom stereocenters. The van der Waals surface area contributed by atoms with Crippen LogP contribution in [0.2, 0.25) is 0 Å². The van der Waals surface area contributed by atoms with E-state index in [0.717, 1.165) is 5.56 Å². The Morgan fingerprint density at radius 2 is 1.77 bits per heavy atom. The minimum absolute atomic E-state index is 0.121. The molecule has 1 amide bonds. The van der Waals surface area contributed by atoms with Crippen molar-refractivity contribution in [2.45, 2.75) is 45.5 Å². The summed E-state index contributed by atoms with van der Waals surface area (Å²) in [6.45, 7) is 3.45. The van der Waals surface area contributed by atoms with Gasteiger partial charge in [0.2, 0.25) is 11.8 Å². The van der Waals surface area contributed by atoms with Crippen LogP contribution >= 0.6 is 0 Å². The molecule has 120 valence electrons. The van der Waals surface area contributed by atoms with Gasteiger partial charge in [0.1, 0.15) is 0 Å². The number of rotatable bonds is 3. The van der Waals surface area contributed by atoms with Crippen LogP contribution in [-0.4, -0.2) is 22.9 Å². The topological polar surface area (TPSA) is 66.4 Å². The average Bonchev–Trinajstić information content (AvgIpc) is 2.41. The summed E-state index contributed by atoms with van der Waals surface area (Å²) >= 11 is 0. The second-order valence-electron chi connectivity index (χ2n) is 5.91. The molecule has 0 saturated heterocycles. The number of carboxylic acid groups (broad SMARTS) is 1. The maximum atomic E-state index is 13.1. The summed E-state index contributed by atoms with van der Waals surface area (Å²) in [4.78, 5) is 23.3. The third-order valence-electron chi connectivity index (χ3n) is 4.15. The highest BCUT2D eigenvalue weighted by Gasteiger charge is 2.37. The van der Waals surface area contributed by atoms with Gasteiger partial charge in [0.25, 0.3) is 0 Å². The van der Waals surface area contributed by atoms with Gasteiger partial charge in [-0.15, -0.1) is 0 Å². The van der Waals surface area contributed by atoms with Crippen molar-refractivity contribution in [3.63, 3.8) is 0 Å². The molecular weight excluding hydrogens is 292 g/mol. The van der Waals surface area contributed by atoms with E-state index in [1.165, 1.54) is 6.07 Å². The van der Waals surface area contributed by atoms with Gasteiger partial charge >= 0.3 is 5.97 Å². The standard InChI is InChI=1S/C16H19F2NO3/c1-9-7-10(2)13(8-12(9)15(21)22)19-14(20)11-3-5-16(17,18)6-4-11/h7-8,11H,3-6H2,1-2H3,(H,19,20)(H,21,22). The number of alkyl halides is 2. The van der Waals surface area contributed by atoms with Crippen molar-refractivity contribution in [1.29, 1.82) is 0 Å². The van der Waals surface area contributed by atoms with E-state index in [-0.39, 0.29) is 37.2 Å². The van der Waals surface area contributed by atoms with Crippen LogP contribution in [0.1, 0.15) is 47.2 Å². The molecule has 4 nitrogen and oxygen atoms in total. The van der Waals surface area contributed by atoms with Crippen molar-refractivity contribution in [1.82, 2.24) is 0 Å². The smallest absolute Gasteiger partial charge is 0.336 e. The number of carbonyl (C=O) groups is 2. The molecule has 0 aliphatic heterocycles. The van der Waals surface area contributed by atoms with Crippen LogP contribution in [-0.2, 0) is 4.79 Å². The van der Waals surface area contributed by atoms with Gasteiger partial charge < -0.3 is 10.4 Å². The van der Waals surface area contributed by atoms with Crippen LogP contribution in [0.15, 0.2) is 12.1 Å². The number of aryl methyl sites for hydroxylation is 2. The van der Waals surface area contributed by atoms with Gasteiger partial charge in [0, 0.05) is 24.4 Å². The molecule has 1 saturated carbocycles. The highest BCUT2D eigenvalue weighted by Crippen LogP contribution is 2.36. The molecule has 0 bridgehead atoms. The van der Waals surface area contributed by atoms with Crippen molar-refractivity contribution in [3.8, 4) is 0 Å². The van der Waals surface area contributed by atoms with Gasteiger partial charge in [0.15, 0.2) is 0 Å². The summed E-state index contributed by atoms with van der Waals surface area (Å²) < 4.78 is 26.2. The quantitative estimate of drug-likeness (QED) is 0.893. The van der Waals surface area contributed by atoms with Gasteiger partial charge in [-0.2, -0.15) is 0 Å². The molecule has 0 aromatic heterocycles. The maximum absolute atomic E-state index is 13.1. The number of carbonyl (C=O) groups excluding carboxylic acids is 1. The first kappa shape index (κ1) is 16.4. The first-order chi connectivity index (χ1) is 10.2. The Morgan fingerprint density at radius 1 is 1.18 bits per heavy atom. The van der Waals surface area contributed by atoms with Crippen LogP contribution in [0.4, 0.5) is 14.5 Å². The Hall–Kier alpha value is -1.98. The molecule has 2 rings (SSSR count). The SMILES string of the molecule is Cc1cc(C)c(C(=O)O)cc1NC(=O)C1CCC(F)(F)CC1. The van der Waals surface area contributed by atoms with Crippen LogP contribution in [0.25, 0.3) is 0 Å². The molecule has 2 N–H and O–H groups in total. The molecule has 0 spiro atoms. The number of benzene rings is 1. The largest absolute Gasteiger partial charge is 0.478 e. The van der Waals surface area contributed by atoms with Crippen molar-refractivity contribution in [2.75, 3.05) is 5.32 Å². The monoisotopic (exact) mass is 311 g/mol. The summed E-state index contributed by atoms with van der Waals surface area (Å²) in [5.74, 6) is -4.51. The second kappa shape index (κ2) is 6.02. The van der Waals surface area contributed by atoms with E-state index in [1.54, 1.807) is 19.9 Å². The molecule has 22 heavy (non-hydrogen) atoms. The molecule has 1 aliphatic rings. The minimum Gasteiger partial charge on any atom is -0.478 e. The maximum Gasteiger partial charge on any atom is 0.336 e. The Bertz CT molecular complexity index is 604. The van der Waals surface area contributed by atoms with E-state index in [9.17, 15) is 18.4 Å². The highest BCUT2D eigenvalue weighted by atomic mass is 19.3. The summed E-state index contributed by atoms with van der Waals surface area (Å²) in [6, 6.07) is 3.11. The fourth-order valence-electron chi connectivity index (χ4n) is 2.75. The molecular formula is C16H19F2NO3. The van der Waals surface area contributed by atoms with E-state index in [0.29, 0.717) is 11.3 Å². The highest BCUT2D eigenvalue weighted by molar-refractivity contribution is 5.96. The molecule has 1 aromatic rings. The Labute approximate surface area is 127 Å².